The SMILES string of the molecule is COc1ccccc1OCC(=O)Nc1cccc(NC(=O)CC2CCCN2)c1. The number of carbonyl (C=O) groups is 2. The molecule has 2 aromatic rings. The zero-order valence-corrected chi connectivity index (χ0v) is 15.9. The Bertz CT molecular complexity index is 819. The van der Waals surface area contributed by atoms with Crippen molar-refractivity contribution in [3.8, 4) is 11.5 Å². The molecule has 3 N–H and O–H groups in total. The molecule has 1 atom stereocenters. The fourth-order valence-electron chi connectivity index (χ4n) is 3.12. The average molecular weight is 383 g/mol. The lowest BCUT2D eigenvalue weighted by Crippen LogP contribution is -2.27. The molecule has 1 saturated heterocycles. The fraction of sp³-hybridized carbons (Fsp3) is 0.333. The van der Waals surface area contributed by atoms with Gasteiger partial charge in [0.1, 0.15) is 0 Å². The van der Waals surface area contributed by atoms with Crippen molar-refractivity contribution in [3.63, 3.8) is 0 Å². The maximum Gasteiger partial charge on any atom is 0.262 e. The number of hydrogen-bond donors (Lipinski definition) is 3. The first kappa shape index (κ1) is 19.7. The van der Waals surface area contributed by atoms with E-state index in [1.165, 1.54) is 0 Å². The summed E-state index contributed by atoms with van der Waals surface area (Å²) < 4.78 is 10.7. The maximum atomic E-state index is 12.2. The van der Waals surface area contributed by atoms with Crippen LogP contribution in [0.25, 0.3) is 0 Å². The van der Waals surface area contributed by atoms with Gasteiger partial charge in [0.2, 0.25) is 5.91 Å². The Morgan fingerprint density at radius 3 is 2.43 bits per heavy atom. The van der Waals surface area contributed by atoms with E-state index in [2.05, 4.69) is 16.0 Å². The van der Waals surface area contributed by atoms with Crippen molar-refractivity contribution >= 4 is 23.2 Å². The van der Waals surface area contributed by atoms with Crippen molar-refractivity contribution < 1.29 is 19.1 Å². The number of benzene rings is 2. The summed E-state index contributed by atoms with van der Waals surface area (Å²) in [6.07, 6.45) is 2.58. The predicted octanol–water partition coefficient (Wildman–Crippen LogP) is 2.79. The molecular weight excluding hydrogens is 358 g/mol. The number of anilines is 2. The summed E-state index contributed by atoms with van der Waals surface area (Å²) in [7, 11) is 1.55. The quantitative estimate of drug-likeness (QED) is 0.652. The topological polar surface area (TPSA) is 88.7 Å². The van der Waals surface area contributed by atoms with Gasteiger partial charge in [-0.25, -0.2) is 0 Å². The van der Waals surface area contributed by atoms with Crippen molar-refractivity contribution in [1.29, 1.82) is 0 Å². The van der Waals surface area contributed by atoms with Gasteiger partial charge in [0.05, 0.1) is 7.11 Å². The predicted molar refractivity (Wildman–Crippen MR) is 108 cm³/mol. The normalized spacial score (nSPS) is 15.7. The summed E-state index contributed by atoms with van der Waals surface area (Å²) >= 11 is 0. The Hall–Kier alpha value is -3.06. The average Bonchev–Trinajstić information content (AvgIpc) is 3.19. The van der Waals surface area contributed by atoms with E-state index in [0.717, 1.165) is 19.4 Å². The number of carbonyl (C=O) groups excluding carboxylic acids is 2. The molecular formula is C21H25N3O4. The molecule has 0 aliphatic carbocycles. The van der Waals surface area contributed by atoms with E-state index in [4.69, 9.17) is 9.47 Å². The van der Waals surface area contributed by atoms with Gasteiger partial charge < -0.3 is 25.4 Å². The second-order valence-electron chi connectivity index (χ2n) is 6.61. The summed E-state index contributed by atoms with van der Waals surface area (Å²) in [5.41, 5.74) is 1.23. The highest BCUT2D eigenvalue weighted by Gasteiger charge is 2.17. The zero-order chi connectivity index (χ0) is 19.8. The second-order valence-corrected chi connectivity index (χ2v) is 6.61. The van der Waals surface area contributed by atoms with E-state index >= 15 is 0 Å². The first-order valence-electron chi connectivity index (χ1n) is 9.33. The lowest BCUT2D eigenvalue weighted by atomic mass is 10.1. The molecule has 0 bridgehead atoms. The van der Waals surface area contributed by atoms with Crippen molar-refractivity contribution in [2.45, 2.75) is 25.3 Å². The summed E-state index contributed by atoms with van der Waals surface area (Å²) in [5.74, 6) is 0.727. The minimum Gasteiger partial charge on any atom is -0.493 e. The number of methoxy groups -OCH3 is 1. The third-order valence-electron chi connectivity index (χ3n) is 4.45. The van der Waals surface area contributed by atoms with Crippen LogP contribution < -0.4 is 25.4 Å². The summed E-state index contributed by atoms with van der Waals surface area (Å²) in [4.78, 5) is 24.3. The Morgan fingerprint density at radius 2 is 1.75 bits per heavy atom. The van der Waals surface area contributed by atoms with Crippen LogP contribution in [0.3, 0.4) is 0 Å². The van der Waals surface area contributed by atoms with Crippen LogP contribution in [0.5, 0.6) is 11.5 Å². The van der Waals surface area contributed by atoms with E-state index in [1.807, 2.05) is 12.1 Å². The first-order chi connectivity index (χ1) is 13.6. The molecule has 28 heavy (non-hydrogen) atoms. The molecule has 1 aliphatic heterocycles. The molecule has 1 aliphatic rings. The van der Waals surface area contributed by atoms with E-state index in [0.29, 0.717) is 29.3 Å². The van der Waals surface area contributed by atoms with Crippen LogP contribution in [-0.4, -0.2) is 38.1 Å². The van der Waals surface area contributed by atoms with Gasteiger partial charge >= 0.3 is 0 Å². The van der Waals surface area contributed by atoms with E-state index in [1.54, 1.807) is 43.5 Å². The molecule has 1 heterocycles. The van der Waals surface area contributed by atoms with Crippen LogP contribution >= 0.6 is 0 Å². The Balaban J connectivity index is 1.50. The fourth-order valence-corrected chi connectivity index (χ4v) is 3.12. The van der Waals surface area contributed by atoms with Crippen LogP contribution in [0.1, 0.15) is 19.3 Å². The van der Waals surface area contributed by atoms with Crippen molar-refractivity contribution in [2.75, 3.05) is 30.9 Å². The highest BCUT2D eigenvalue weighted by Crippen LogP contribution is 2.25. The molecule has 7 heteroatoms. The minimum atomic E-state index is -0.301. The molecule has 2 amide bonds. The third kappa shape index (κ3) is 5.72. The first-order valence-corrected chi connectivity index (χ1v) is 9.33. The number of hydrogen-bond acceptors (Lipinski definition) is 5. The van der Waals surface area contributed by atoms with Crippen LogP contribution in [-0.2, 0) is 9.59 Å². The lowest BCUT2D eigenvalue weighted by molar-refractivity contribution is -0.118. The highest BCUT2D eigenvalue weighted by atomic mass is 16.5. The van der Waals surface area contributed by atoms with Crippen LogP contribution in [0.2, 0.25) is 0 Å². The van der Waals surface area contributed by atoms with Gasteiger partial charge in [0.25, 0.3) is 5.91 Å². The van der Waals surface area contributed by atoms with Crippen molar-refractivity contribution in [1.82, 2.24) is 5.32 Å². The number of para-hydroxylation sites is 2. The molecule has 0 spiro atoms. The minimum absolute atomic E-state index is 0.0395. The number of ether oxygens (including phenoxy) is 2. The van der Waals surface area contributed by atoms with Gasteiger partial charge in [0.15, 0.2) is 18.1 Å². The molecule has 7 nitrogen and oxygen atoms in total. The smallest absolute Gasteiger partial charge is 0.262 e. The van der Waals surface area contributed by atoms with E-state index < -0.39 is 0 Å². The van der Waals surface area contributed by atoms with Gasteiger partial charge in [-0.15, -0.1) is 0 Å². The monoisotopic (exact) mass is 383 g/mol. The Morgan fingerprint density at radius 1 is 1.04 bits per heavy atom. The highest BCUT2D eigenvalue weighted by molar-refractivity contribution is 5.94. The largest absolute Gasteiger partial charge is 0.493 e. The Labute approximate surface area is 164 Å². The Kier molecular flexibility index (Phi) is 6.86. The van der Waals surface area contributed by atoms with Gasteiger partial charge in [-0.05, 0) is 49.7 Å². The van der Waals surface area contributed by atoms with Crippen molar-refractivity contribution in [2.24, 2.45) is 0 Å². The molecule has 148 valence electrons. The maximum absolute atomic E-state index is 12.2. The van der Waals surface area contributed by atoms with E-state index in [9.17, 15) is 9.59 Å². The standard InChI is InChI=1S/C21H25N3O4/c1-27-18-9-2-3-10-19(18)28-14-21(26)24-17-7-4-6-16(12-17)23-20(25)13-15-8-5-11-22-15/h2-4,6-7,9-10,12,15,22H,5,8,11,13-14H2,1H3,(H,23,25)(H,24,26). The molecule has 1 unspecified atom stereocenters. The van der Waals surface area contributed by atoms with Gasteiger partial charge in [-0.3, -0.25) is 9.59 Å². The van der Waals surface area contributed by atoms with Gasteiger partial charge in [-0.2, -0.15) is 0 Å². The van der Waals surface area contributed by atoms with Crippen LogP contribution in [0.4, 0.5) is 11.4 Å². The number of nitrogens with one attached hydrogen (secondary N) is 3. The molecule has 0 aromatic heterocycles. The molecule has 0 saturated carbocycles. The lowest BCUT2D eigenvalue weighted by Gasteiger charge is -2.12. The van der Waals surface area contributed by atoms with Gasteiger partial charge in [-0.1, -0.05) is 18.2 Å². The molecule has 2 aromatic carbocycles. The number of rotatable bonds is 8. The second kappa shape index (κ2) is 9.75. The van der Waals surface area contributed by atoms with E-state index in [-0.39, 0.29) is 24.5 Å². The van der Waals surface area contributed by atoms with Crippen LogP contribution in [0.15, 0.2) is 48.5 Å². The number of amides is 2. The zero-order valence-electron chi connectivity index (χ0n) is 15.9. The summed E-state index contributed by atoms with van der Waals surface area (Å²) in [5, 5.41) is 8.95. The third-order valence-corrected chi connectivity index (χ3v) is 4.45. The summed E-state index contributed by atoms with van der Waals surface area (Å²) in [6.45, 7) is 0.820. The molecule has 0 radical (unpaired) electrons. The van der Waals surface area contributed by atoms with Gasteiger partial charge in [0, 0.05) is 23.8 Å². The van der Waals surface area contributed by atoms with Crippen LogP contribution in [0, 0.1) is 0 Å². The van der Waals surface area contributed by atoms with Crippen molar-refractivity contribution in [3.05, 3.63) is 48.5 Å². The summed E-state index contributed by atoms with van der Waals surface area (Å²) in [6, 6.07) is 14.4. The molecule has 3 rings (SSSR count). The molecule has 1 fully saturated rings.